The van der Waals surface area contributed by atoms with Crippen molar-refractivity contribution >= 4 is 30.0 Å². The maximum Gasteiger partial charge on any atom is 0.216 e. The second kappa shape index (κ2) is 8.09. The Morgan fingerprint density at radius 1 is 1.24 bits per heavy atom. The first-order valence-electron chi connectivity index (χ1n) is 7.88. The molecule has 7 heteroatoms. The molecule has 128 valence electrons. The molecule has 0 aliphatic heterocycles. The smallest absolute Gasteiger partial charge is 0.216 e. The minimum atomic E-state index is 0.397. The number of halogens is 1. The van der Waals surface area contributed by atoms with E-state index in [2.05, 4.69) is 22.2 Å². The first-order valence-corrected chi connectivity index (χ1v) is 8.67. The van der Waals surface area contributed by atoms with Gasteiger partial charge in [-0.25, -0.2) is 5.10 Å². The van der Waals surface area contributed by atoms with Crippen LogP contribution in [0.4, 0.5) is 0 Å². The van der Waals surface area contributed by atoms with Crippen LogP contribution in [0.3, 0.4) is 0 Å². The molecule has 3 rings (SSSR count). The summed E-state index contributed by atoms with van der Waals surface area (Å²) in [5.41, 5.74) is 1.69. The maximum absolute atomic E-state index is 6.25. The van der Waals surface area contributed by atoms with Gasteiger partial charge < -0.3 is 4.74 Å². The molecular weight excluding hydrogens is 356 g/mol. The Bertz CT molecular complexity index is 931. The van der Waals surface area contributed by atoms with Crippen LogP contribution in [0.2, 0.25) is 5.02 Å². The van der Waals surface area contributed by atoms with Crippen molar-refractivity contribution in [1.82, 2.24) is 14.9 Å². The van der Waals surface area contributed by atoms with Gasteiger partial charge in [-0.15, -0.1) is 0 Å². The summed E-state index contributed by atoms with van der Waals surface area (Å²) in [6, 6.07) is 15.1. The summed E-state index contributed by atoms with van der Waals surface area (Å²) in [6.07, 6.45) is 2.70. The Labute approximate surface area is 155 Å². The fraction of sp³-hybridized carbons (Fsp3) is 0.167. The van der Waals surface area contributed by atoms with E-state index < -0.39 is 0 Å². The Kier molecular flexibility index (Phi) is 5.63. The van der Waals surface area contributed by atoms with Gasteiger partial charge in [-0.3, -0.25) is 0 Å². The highest BCUT2D eigenvalue weighted by Gasteiger charge is 2.11. The van der Waals surface area contributed by atoms with Crippen LogP contribution < -0.4 is 4.74 Å². The second-order valence-corrected chi connectivity index (χ2v) is 6.10. The van der Waals surface area contributed by atoms with Crippen molar-refractivity contribution in [2.45, 2.75) is 13.3 Å². The average molecular weight is 373 g/mol. The maximum atomic E-state index is 6.25. The van der Waals surface area contributed by atoms with Crippen molar-refractivity contribution in [3.8, 4) is 17.1 Å². The molecule has 1 aromatic heterocycles. The van der Waals surface area contributed by atoms with Crippen LogP contribution in [-0.2, 0) is 0 Å². The fourth-order valence-electron chi connectivity index (χ4n) is 2.21. The van der Waals surface area contributed by atoms with E-state index in [-0.39, 0.29) is 0 Å². The van der Waals surface area contributed by atoms with Crippen molar-refractivity contribution in [1.29, 1.82) is 0 Å². The number of ether oxygens (including phenoxy) is 1. The lowest BCUT2D eigenvalue weighted by atomic mass is 10.2. The molecular formula is C18H17ClN4OS. The summed E-state index contributed by atoms with van der Waals surface area (Å²) in [6.45, 7) is 2.78. The van der Waals surface area contributed by atoms with Crippen LogP contribution >= 0.6 is 23.8 Å². The normalized spacial score (nSPS) is 11.1. The lowest BCUT2D eigenvalue weighted by Crippen LogP contribution is -1.96. The molecule has 0 saturated carbocycles. The number of nitrogens with one attached hydrogen (secondary N) is 1. The molecule has 0 aliphatic carbocycles. The molecule has 0 fully saturated rings. The molecule has 0 atom stereocenters. The standard InChI is InChI=1S/C18H17ClN4OS/c1-2-11-24-14-9-7-13(8-10-14)12-20-23-17(21-22-18(23)25)15-5-3-4-6-16(15)19/h3-10,12H,2,11H2,1H3,(H,22,25)/b20-12+. The van der Waals surface area contributed by atoms with Gasteiger partial charge in [0.05, 0.1) is 17.8 Å². The highest BCUT2D eigenvalue weighted by atomic mass is 35.5. The van der Waals surface area contributed by atoms with Gasteiger partial charge in [-0.1, -0.05) is 30.7 Å². The van der Waals surface area contributed by atoms with Crippen LogP contribution in [-0.4, -0.2) is 27.7 Å². The van der Waals surface area contributed by atoms with E-state index >= 15 is 0 Å². The van der Waals surface area contributed by atoms with Gasteiger partial charge in [-0.2, -0.15) is 14.9 Å². The van der Waals surface area contributed by atoms with Crippen molar-refractivity contribution in [2.24, 2.45) is 5.10 Å². The van der Waals surface area contributed by atoms with Crippen molar-refractivity contribution in [3.63, 3.8) is 0 Å². The Morgan fingerprint density at radius 3 is 2.72 bits per heavy atom. The summed E-state index contributed by atoms with van der Waals surface area (Å²) in [5, 5.41) is 12.0. The largest absolute Gasteiger partial charge is 0.494 e. The number of benzene rings is 2. The van der Waals surface area contributed by atoms with Crippen LogP contribution in [0.1, 0.15) is 18.9 Å². The molecule has 0 amide bonds. The van der Waals surface area contributed by atoms with Gasteiger partial charge in [0.25, 0.3) is 0 Å². The third-order valence-electron chi connectivity index (χ3n) is 3.44. The number of rotatable bonds is 6. The predicted molar refractivity (Wildman–Crippen MR) is 103 cm³/mol. The minimum Gasteiger partial charge on any atom is -0.494 e. The van der Waals surface area contributed by atoms with Crippen LogP contribution in [0.5, 0.6) is 5.75 Å². The van der Waals surface area contributed by atoms with Gasteiger partial charge in [0, 0.05) is 5.56 Å². The molecule has 0 spiro atoms. The lowest BCUT2D eigenvalue weighted by Gasteiger charge is -2.04. The number of hydrogen-bond acceptors (Lipinski definition) is 4. The average Bonchev–Trinajstić information content (AvgIpc) is 3.00. The molecule has 5 nitrogen and oxygen atoms in total. The molecule has 2 aromatic carbocycles. The monoisotopic (exact) mass is 372 g/mol. The first kappa shape index (κ1) is 17.4. The lowest BCUT2D eigenvalue weighted by molar-refractivity contribution is 0.317. The Hall–Kier alpha value is -2.44. The summed E-state index contributed by atoms with van der Waals surface area (Å²) < 4.78 is 7.52. The summed E-state index contributed by atoms with van der Waals surface area (Å²) in [7, 11) is 0. The Morgan fingerprint density at radius 2 is 2.00 bits per heavy atom. The number of nitrogens with zero attached hydrogens (tertiary/aromatic N) is 3. The molecule has 25 heavy (non-hydrogen) atoms. The molecule has 0 saturated heterocycles. The fourth-order valence-corrected chi connectivity index (χ4v) is 2.61. The van der Waals surface area contributed by atoms with Gasteiger partial charge >= 0.3 is 0 Å². The molecule has 3 aromatic rings. The van der Waals surface area contributed by atoms with E-state index in [0.29, 0.717) is 22.2 Å². The number of H-pyrrole nitrogens is 1. The van der Waals surface area contributed by atoms with E-state index in [4.69, 9.17) is 28.6 Å². The molecule has 1 heterocycles. The Balaban J connectivity index is 1.86. The molecule has 0 unspecified atom stereocenters. The molecule has 0 radical (unpaired) electrons. The highest BCUT2D eigenvalue weighted by Crippen LogP contribution is 2.25. The number of aromatic nitrogens is 3. The second-order valence-electron chi connectivity index (χ2n) is 5.31. The molecule has 0 bridgehead atoms. The van der Waals surface area contributed by atoms with Crippen LogP contribution in [0.25, 0.3) is 11.4 Å². The van der Waals surface area contributed by atoms with Crippen molar-refractivity contribution in [3.05, 3.63) is 63.9 Å². The summed E-state index contributed by atoms with van der Waals surface area (Å²) in [5.74, 6) is 1.41. The molecule has 0 aliphatic rings. The zero-order valence-corrected chi connectivity index (χ0v) is 15.2. The third kappa shape index (κ3) is 4.15. The topological polar surface area (TPSA) is 55.2 Å². The van der Waals surface area contributed by atoms with Gasteiger partial charge in [0.2, 0.25) is 4.77 Å². The SMILES string of the molecule is CCCOc1ccc(/C=N/n2c(-c3ccccc3Cl)n[nH]c2=S)cc1. The van der Waals surface area contributed by atoms with Crippen LogP contribution in [0, 0.1) is 4.77 Å². The summed E-state index contributed by atoms with van der Waals surface area (Å²) in [4.78, 5) is 0. The minimum absolute atomic E-state index is 0.397. The van der Waals surface area contributed by atoms with Gasteiger partial charge in [-0.05, 0) is 60.6 Å². The van der Waals surface area contributed by atoms with E-state index in [1.807, 2.05) is 42.5 Å². The van der Waals surface area contributed by atoms with Gasteiger partial charge in [0.1, 0.15) is 5.75 Å². The predicted octanol–water partition coefficient (Wildman–Crippen LogP) is 4.93. The summed E-state index contributed by atoms with van der Waals surface area (Å²) >= 11 is 11.5. The van der Waals surface area contributed by atoms with E-state index in [1.54, 1.807) is 17.0 Å². The van der Waals surface area contributed by atoms with E-state index in [0.717, 1.165) is 23.3 Å². The van der Waals surface area contributed by atoms with E-state index in [9.17, 15) is 0 Å². The van der Waals surface area contributed by atoms with Crippen LogP contribution in [0.15, 0.2) is 53.6 Å². The first-order chi connectivity index (χ1) is 12.2. The van der Waals surface area contributed by atoms with Gasteiger partial charge in [0.15, 0.2) is 5.82 Å². The zero-order chi connectivity index (χ0) is 17.6. The number of hydrogen-bond donors (Lipinski definition) is 1. The zero-order valence-electron chi connectivity index (χ0n) is 13.6. The van der Waals surface area contributed by atoms with Crippen molar-refractivity contribution < 1.29 is 4.74 Å². The quantitative estimate of drug-likeness (QED) is 0.493. The molecule has 1 N–H and O–H groups in total. The van der Waals surface area contributed by atoms with Crippen molar-refractivity contribution in [2.75, 3.05) is 6.61 Å². The van der Waals surface area contributed by atoms with E-state index in [1.165, 1.54) is 0 Å². The third-order valence-corrected chi connectivity index (χ3v) is 4.03. The number of aromatic amines is 1. The highest BCUT2D eigenvalue weighted by molar-refractivity contribution is 7.71.